The Morgan fingerprint density at radius 1 is 0.968 bits per heavy atom. The standard InChI is InChI=1S/C24H21N3O4/c1-17(19-6-3-2-4-7-19)25-24(29)20-8-5-9-21(16-20)26-23(28)15-12-18-10-13-22(14-11-18)27(30)31/h2-17H,1H3,(H,25,29)(H,26,28)/b15-12+. The van der Waals surface area contributed by atoms with Gasteiger partial charge >= 0.3 is 0 Å². The maximum Gasteiger partial charge on any atom is 0.269 e. The lowest BCUT2D eigenvalue weighted by atomic mass is 10.1. The zero-order valence-corrected chi connectivity index (χ0v) is 16.8. The third kappa shape index (κ3) is 6.11. The SMILES string of the molecule is CC(NC(=O)c1cccc(NC(=O)/C=C/c2ccc([N+](=O)[O-])cc2)c1)c1ccccc1. The van der Waals surface area contributed by atoms with Crippen LogP contribution in [0, 0.1) is 10.1 Å². The molecule has 0 spiro atoms. The molecule has 0 radical (unpaired) electrons. The highest BCUT2D eigenvalue weighted by atomic mass is 16.6. The maximum atomic E-state index is 12.6. The minimum Gasteiger partial charge on any atom is -0.346 e. The van der Waals surface area contributed by atoms with Gasteiger partial charge in [-0.2, -0.15) is 0 Å². The number of hydrogen-bond acceptors (Lipinski definition) is 4. The van der Waals surface area contributed by atoms with Crippen LogP contribution in [0.4, 0.5) is 11.4 Å². The normalized spacial score (nSPS) is 11.6. The van der Waals surface area contributed by atoms with Crippen molar-refractivity contribution < 1.29 is 14.5 Å². The first kappa shape index (κ1) is 21.4. The van der Waals surface area contributed by atoms with Crippen molar-refractivity contribution >= 4 is 29.3 Å². The van der Waals surface area contributed by atoms with E-state index in [0.717, 1.165) is 5.56 Å². The molecular weight excluding hydrogens is 394 g/mol. The van der Waals surface area contributed by atoms with E-state index in [4.69, 9.17) is 0 Å². The molecule has 3 rings (SSSR count). The van der Waals surface area contributed by atoms with Gasteiger partial charge in [-0.15, -0.1) is 0 Å². The fourth-order valence-corrected chi connectivity index (χ4v) is 2.91. The van der Waals surface area contributed by atoms with Crippen molar-refractivity contribution in [3.05, 3.63) is 112 Å². The number of hydrogen-bond donors (Lipinski definition) is 2. The number of amides is 2. The monoisotopic (exact) mass is 415 g/mol. The molecular formula is C24H21N3O4. The van der Waals surface area contributed by atoms with E-state index < -0.39 is 4.92 Å². The molecule has 0 saturated carbocycles. The van der Waals surface area contributed by atoms with Crippen LogP contribution < -0.4 is 10.6 Å². The van der Waals surface area contributed by atoms with Gasteiger partial charge in [0.2, 0.25) is 5.91 Å². The lowest BCUT2D eigenvalue weighted by Crippen LogP contribution is -2.26. The second-order valence-corrected chi connectivity index (χ2v) is 6.86. The molecule has 1 atom stereocenters. The zero-order chi connectivity index (χ0) is 22.2. The van der Waals surface area contributed by atoms with Crippen LogP contribution in [0.25, 0.3) is 6.08 Å². The molecule has 0 aliphatic carbocycles. The van der Waals surface area contributed by atoms with Crippen LogP contribution in [-0.2, 0) is 4.79 Å². The van der Waals surface area contributed by atoms with Gasteiger partial charge in [-0.25, -0.2) is 0 Å². The van der Waals surface area contributed by atoms with Crippen molar-refractivity contribution in [2.45, 2.75) is 13.0 Å². The molecule has 3 aromatic rings. The molecule has 0 aliphatic heterocycles. The first-order valence-corrected chi connectivity index (χ1v) is 9.62. The quantitative estimate of drug-likeness (QED) is 0.331. The maximum absolute atomic E-state index is 12.6. The lowest BCUT2D eigenvalue weighted by Gasteiger charge is -2.14. The number of benzene rings is 3. The number of anilines is 1. The molecule has 2 N–H and O–H groups in total. The average molecular weight is 415 g/mol. The van der Waals surface area contributed by atoms with Crippen LogP contribution in [-0.4, -0.2) is 16.7 Å². The van der Waals surface area contributed by atoms with E-state index in [1.165, 1.54) is 18.2 Å². The average Bonchev–Trinajstić information content (AvgIpc) is 2.78. The summed E-state index contributed by atoms with van der Waals surface area (Å²) >= 11 is 0. The molecule has 0 heterocycles. The van der Waals surface area contributed by atoms with Gasteiger partial charge in [0.1, 0.15) is 0 Å². The summed E-state index contributed by atoms with van der Waals surface area (Å²) < 4.78 is 0. The summed E-state index contributed by atoms with van der Waals surface area (Å²) in [6.07, 6.45) is 2.88. The Hall–Kier alpha value is -4.26. The van der Waals surface area contributed by atoms with E-state index in [2.05, 4.69) is 10.6 Å². The van der Waals surface area contributed by atoms with Crippen LogP contribution >= 0.6 is 0 Å². The Bertz CT molecular complexity index is 1110. The van der Waals surface area contributed by atoms with Gasteiger partial charge in [0.05, 0.1) is 11.0 Å². The Balaban J connectivity index is 1.61. The molecule has 0 saturated heterocycles. The molecule has 0 aliphatic rings. The number of rotatable bonds is 7. The third-order valence-corrected chi connectivity index (χ3v) is 4.57. The predicted octanol–water partition coefficient (Wildman–Crippen LogP) is 4.74. The van der Waals surface area contributed by atoms with Crippen molar-refractivity contribution in [2.75, 3.05) is 5.32 Å². The Morgan fingerprint density at radius 3 is 2.35 bits per heavy atom. The van der Waals surface area contributed by atoms with E-state index in [1.54, 1.807) is 42.5 Å². The molecule has 0 aromatic heterocycles. The molecule has 0 fully saturated rings. The summed E-state index contributed by atoms with van der Waals surface area (Å²) in [7, 11) is 0. The first-order valence-electron chi connectivity index (χ1n) is 9.62. The van der Waals surface area contributed by atoms with Crippen molar-refractivity contribution in [3.8, 4) is 0 Å². The molecule has 7 heteroatoms. The van der Waals surface area contributed by atoms with Crippen molar-refractivity contribution in [3.63, 3.8) is 0 Å². The second kappa shape index (κ2) is 9.98. The first-order chi connectivity index (χ1) is 14.9. The van der Waals surface area contributed by atoms with Crippen LogP contribution in [0.5, 0.6) is 0 Å². The Labute approximate surface area is 179 Å². The fraction of sp³-hybridized carbons (Fsp3) is 0.0833. The number of nitrogens with one attached hydrogen (secondary N) is 2. The van der Waals surface area contributed by atoms with E-state index in [0.29, 0.717) is 16.8 Å². The number of nitro benzene ring substituents is 1. The van der Waals surface area contributed by atoms with Crippen molar-refractivity contribution in [2.24, 2.45) is 0 Å². The minimum absolute atomic E-state index is 0.0155. The number of non-ortho nitro benzene ring substituents is 1. The summed E-state index contributed by atoms with van der Waals surface area (Å²) in [6.45, 7) is 1.90. The summed E-state index contributed by atoms with van der Waals surface area (Å²) in [5.41, 5.74) is 2.55. The molecule has 7 nitrogen and oxygen atoms in total. The van der Waals surface area contributed by atoms with E-state index in [9.17, 15) is 19.7 Å². The molecule has 156 valence electrons. The summed E-state index contributed by atoms with van der Waals surface area (Å²) in [5, 5.41) is 16.3. The highest BCUT2D eigenvalue weighted by molar-refractivity contribution is 6.03. The summed E-state index contributed by atoms with van der Waals surface area (Å²) in [5.74, 6) is -0.623. The van der Waals surface area contributed by atoms with E-state index >= 15 is 0 Å². The van der Waals surface area contributed by atoms with Gasteiger partial charge in [-0.05, 0) is 54.5 Å². The van der Waals surface area contributed by atoms with Crippen LogP contribution in [0.1, 0.15) is 34.5 Å². The smallest absolute Gasteiger partial charge is 0.269 e. The van der Waals surface area contributed by atoms with Gasteiger partial charge in [0.15, 0.2) is 0 Å². The molecule has 1 unspecified atom stereocenters. The van der Waals surface area contributed by atoms with Crippen LogP contribution in [0.3, 0.4) is 0 Å². The van der Waals surface area contributed by atoms with Gasteiger partial charge in [-0.3, -0.25) is 19.7 Å². The third-order valence-electron chi connectivity index (χ3n) is 4.57. The Kier molecular flexibility index (Phi) is 6.90. The number of nitro groups is 1. The van der Waals surface area contributed by atoms with Crippen molar-refractivity contribution in [1.29, 1.82) is 0 Å². The number of nitrogens with zero attached hydrogens (tertiary/aromatic N) is 1. The summed E-state index contributed by atoms with van der Waals surface area (Å²) in [6, 6.07) is 22.0. The van der Waals surface area contributed by atoms with Gasteiger partial charge in [0, 0.05) is 29.5 Å². The highest BCUT2D eigenvalue weighted by Gasteiger charge is 2.12. The van der Waals surface area contributed by atoms with E-state index in [-0.39, 0.29) is 23.5 Å². The fourth-order valence-electron chi connectivity index (χ4n) is 2.91. The minimum atomic E-state index is -0.482. The topological polar surface area (TPSA) is 101 Å². The summed E-state index contributed by atoms with van der Waals surface area (Å²) in [4.78, 5) is 35.0. The second-order valence-electron chi connectivity index (χ2n) is 6.86. The zero-order valence-electron chi connectivity index (χ0n) is 16.8. The number of carbonyl (C=O) groups is 2. The molecule has 0 bridgehead atoms. The Morgan fingerprint density at radius 2 is 1.68 bits per heavy atom. The largest absolute Gasteiger partial charge is 0.346 e. The van der Waals surface area contributed by atoms with Crippen LogP contribution in [0.2, 0.25) is 0 Å². The number of carbonyl (C=O) groups excluding carboxylic acids is 2. The van der Waals surface area contributed by atoms with Crippen molar-refractivity contribution in [1.82, 2.24) is 5.32 Å². The lowest BCUT2D eigenvalue weighted by molar-refractivity contribution is -0.384. The molecule has 2 amide bonds. The molecule has 3 aromatic carbocycles. The van der Waals surface area contributed by atoms with Gasteiger partial charge in [-0.1, -0.05) is 36.4 Å². The van der Waals surface area contributed by atoms with E-state index in [1.807, 2.05) is 37.3 Å². The highest BCUT2D eigenvalue weighted by Crippen LogP contribution is 2.16. The molecule has 31 heavy (non-hydrogen) atoms. The van der Waals surface area contributed by atoms with Gasteiger partial charge < -0.3 is 10.6 Å². The van der Waals surface area contributed by atoms with Crippen LogP contribution in [0.15, 0.2) is 84.9 Å². The predicted molar refractivity (Wildman–Crippen MR) is 120 cm³/mol. The van der Waals surface area contributed by atoms with Gasteiger partial charge in [0.25, 0.3) is 11.6 Å².